The smallest absolute Gasteiger partial charge is 0.369 e. The zero-order chi connectivity index (χ0) is 14.5. The van der Waals surface area contributed by atoms with Crippen LogP contribution in [0.3, 0.4) is 0 Å². The van der Waals surface area contributed by atoms with Crippen LogP contribution < -0.4 is 5.32 Å². The summed E-state index contributed by atoms with van der Waals surface area (Å²) in [7, 11) is 0. The third-order valence-electron chi connectivity index (χ3n) is 3.10. The molecule has 112 valence electrons. The molecule has 1 fully saturated rings. The van der Waals surface area contributed by atoms with Gasteiger partial charge in [0, 0.05) is 6.04 Å². The number of carbonyl (C=O) groups excluding carboxylic acids is 1. The fraction of sp³-hybridized carbons (Fsp3) is 0.917. The van der Waals surface area contributed by atoms with Crippen molar-refractivity contribution >= 4 is 21.8 Å². The molecule has 1 amide bonds. The maximum Gasteiger partial charge on any atom is 0.411 e. The van der Waals surface area contributed by atoms with Gasteiger partial charge < -0.3 is 10.1 Å². The molecule has 3 nitrogen and oxygen atoms in total. The van der Waals surface area contributed by atoms with Gasteiger partial charge in [0.25, 0.3) is 0 Å². The molecule has 0 heterocycles. The third kappa shape index (κ3) is 6.61. The summed E-state index contributed by atoms with van der Waals surface area (Å²) in [6.07, 6.45) is -1.41. The van der Waals surface area contributed by atoms with Crippen molar-refractivity contribution in [3.8, 4) is 0 Å². The highest BCUT2D eigenvalue weighted by Crippen LogP contribution is 2.24. The molecule has 0 radical (unpaired) electrons. The van der Waals surface area contributed by atoms with Crippen LogP contribution in [0.5, 0.6) is 0 Å². The van der Waals surface area contributed by atoms with Crippen LogP contribution in [-0.2, 0) is 9.53 Å². The molecule has 7 heteroatoms. The topological polar surface area (TPSA) is 38.3 Å². The molecule has 0 aromatic heterocycles. The van der Waals surface area contributed by atoms with Gasteiger partial charge in [-0.25, -0.2) is 0 Å². The van der Waals surface area contributed by atoms with Crippen LogP contribution >= 0.6 is 15.9 Å². The first-order valence-electron chi connectivity index (χ1n) is 6.44. The van der Waals surface area contributed by atoms with Crippen molar-refractivity contribution < 1.29 is 22.7 Å². The minimum atomic E-state index is -4.29. The van der Waals surface area contributed by atoms with E-state index in [1.165, 1.54) is 0 Å². The molecule has 3 atom stereocenters. The fourth-order valence-corrected chi connectivity index (χ4v) is 2.25. The number of alkyl halides is 4. The Morgan fingerprint density at radius 2 is 2.16 bits per heavy atom. The Bertz CT molecular complexity index is 299. The van der Waals surface area contributed by atoms with Crippen molar-refractivity contribution in [1.29, 1.82) is 0 Å². The van der Waals surface area contributed by atoms with Gasteiger partial charge in [-0.15, -0.1) is 0 Å². The molecule has 3 unspecified atom stereocenters. The van der Waals surface area contributed by atoms with E-state index in [0.717, 1.165) is 12.8 Å². The number of carbonyl (C=O) groups is 1. The molecule has 1 aliphatic carbocycles. The lowest BCUT2D eigenvalue weighted by Crippen LogP contribution is -2.43. The Morgan fingerprint density at radius 3 is 2.74 bits per heavy atom. The minimum absolute atomic E-state index is 0.0916. The monoisotopic (exact) mass is 345 g/mol. The normalized spacial score (nSPS) is 25.9. The first-order chi connectivity index (χ1) is 8.81. The van der Waals surface area contributed by atoms with E-state index in [0.29, 0.717) is 19.3 Å². The van der Waals surface area contributed by atoms with Crippen molar-refractivity contribution in [1.82, 2.24) is 5.32 Å². The average Bonchev–Trinajstić information content (AvgIpc) is 2.35. The van der Waals surface area contributed by atoms with Gasteiger partial charge in [0.15, 0.2) is 0 Å². The minimum Gasteiger partial charge on any atom is -0.369 e. The predicted molar refractivity (Wildman–Crippen MR) is 69.2 cm³/mol. The summed E-state index contributed by atoms with van der Waals surface area (Å²) in [5.41, 5.74) is 0. The maximum atomic E-state index is 12.1. The van der Waals surface area contributed by atoms with E-state index in [2.05, 4.69) is 21.2 Å². The summed E-state index contributed by atoms with van der Waals surface area (Å²) in [6.45, 7) is 0.670. The molecule has 1 saturated carbocycles. The van der Waals surface area contributed by atoms with Crippen molar-refractivity contribution in [3.63, 3.8) is 0 Å². The summed E-state index contributed by atoms with van der Waals surface area (Å²) in [5.74, 6) is -0.107. The van der Waals surface area contributed by atoms with Crippen LogP contribution in [-0.4, -0.2) is 35.7 Å². The number of amides is 1. The number of nitrogens with one attached hydrogen (secondary N) is 1. The number of hydrogen-bond donors (Lipinski definition) is 1. The van der Waals surface area contributed by atoms with E-state index < -0.39 is 18.9 Å². The van der Waals surface area contributed by atoms with E-state index in [9.17, 15) is 18.0 Å². The third-order valence-corrected chi connectivity index (χ3v) is 4.16. The zero-order valence-corrected chi connectivity index (χ0v) is 12.4. The highest BCUT2D eigenvalue weighted by atomic mass is 79.9. The van der Waals surface area contributed by atoms with Gasteiger partial charge in [0.1, 0.15) is 6.61 Å². The Kier molecular flexibility index (Phi) is 6.59. The summed E-state index contributed by atoms with van der Waals surface area (Å²) in [4.78, 5) is 11.4. The second kappa shape index (κ2) is 7.47. The van der Waals surface area contributed by atoms with Crippen LogP contribution in [0.15, 0.2) is 0 Å². The van der Waals surface area contributed by atoms with Gasteiger partial charge in [-0.1, -0.05) is 22.9 Å². The first kappa shape index (κ1) is 16.8. The van der Waals surface area contributed by atoms with Crippen LogP contribution in [0.25, 0.3) is 0 Å². The molecule has 1 rings (SSSR count). The second-order valence-electron chi connectivity index (χ2n) is 4.80. The molecule has 0 saturated heterocycles. The maximum absolute atomic E-state index is 12.1. The standard InChI is InChI=1S/C12H19BrF3NO2/c1-2-10(13)11(18)17-8-4-3-5-9(6-8)19-7-12(14,15)16/h8-10H,2-7H2,1H3,(H,17,18). The summed E-state index contributed by atoms with van der Waals surface area (Å²) in [6, 6.07) is -0.0916. The molecule has 0 bridgehead atoms. The van der Waals surface area contributed by atoms with E-state index in [1.807, 2.05) is 6.92 Å². The van der Waals surface area contributed by atoms with Crippen molar-refractivity contribution in [2.75, 3.05) is 6.61 Å². The lowest BCUT2D eigenvalue weighted by Gasteiger charge is -2.30. The average molecular weight is 346 g/mol. The van der Waals surface area contributed by atoms with Crippen LogP contribution in [0, 0.1) is 0 Å². The number of hydrogen-bond acceptors (Lipinski definition) is 2. The summed E-state index contributed by atoms with van der Waals surface area (Å²) in [5, 5.41) is 2.85. The molecule has 0 spiro atoms. The zero-order valence-electron chi connectivity index (χ0n) is 10.8. The van der Waals surface area contributed by atoms with Gasteiger partial charge in [0.2, 0.25) is 5.91 Å². The molecular weight excluding hydrogens is 327 g/mol. The molecule has 1 aliphatic rings. The molecule has 0 aromatic carbocycles. The van der Waals surface area contributed by atoms with Crippen molar-refractivity contribution in [3.05, 3.63) is 0 Å². The van der Waals surface area contributed by atoms with Crippen LogP contribution in [0.1, 0.15) is 39.0 Å². The summed E-state index contributed by atoms with van der Waals surface area (Å²) < 4.78 is 41.1. The van der Waals surface area contributed by atoms with Gasteiger partial charge in [0.05, 0.1) is 10.9 Å². The number of ether oxygens (including phenoxy) is 1. The van der Waals surface area contributed by atoms with Gasteiger partial charge in [-0.2, -0.15) is 13.2 Å². The molecular formula is C12H19BrF3NO2. The van der Waals surface area contributed by atoms with E-state index in [-0.39, 0.29) is 16.8 Å². The van der Waals surface area contributed by atoms with Crippen molar-refractivity contribution in [2.24, 2.45) is 0 Å². The number of halogens is 4. The Morgan fingerprint density at radius 1 is 1.47 bits per heavy atom. The second-order valence-corrected chi connectivity index (χ2v) is 5.90. The van der Waals surface area contributed by atoms with E-state index in [4.69, 9.17) is 4.74 Å². The van der Waals surface area contributed by atoms with E-state index >= 15 is 0 Å². The quantitative estimate of drug-likeness (QED) is 0.777. The molecule has 0 aromatic rings. The van der Waals surface area contributed by atoms with Gasteiger partial charge >= 0.3 is 6.18 Å². The van der Waals surface area contributed by atoms with Gasteiger partial charge in [-0.3, -0.25) is 4.79 Å². The highest BCUT2D eigenvalue weighted by molar-refractivity contribution is 9.10. The molecule has 1 N–H and O–H groups in total. The van der Waals surface area contributed by atoms with Crippen LogP contribution in [0.2, 0.25) is 0 Å². The lowest BCUT2D eigenvalue weighted by atomic mass is 9.92. The summed E-state index contributed by atoms with van der Waals surface area (Å²) >= 11 is 3.25. The Hall–Kier alpha value is -0.300. The Balaban J connectivity index is 2.36. The van der Waals surface area contributed by atoms with Gasteiger partial charge in [-0.05, 0) is 32.1 Å². The van der Waals surface area contributed by atoms with Crippen LogP contribution in [0.4, 0.5) is 13.2 Å². The SMILES string of the molecule is CCC(Br)C(=O)NC1CCCC(OCC(F)(F)F)C1. The Labute approximate surface area is 119 Å². The van der Waals surface area contributed by atoms with E-state index in [1.54, 1.807) is 0 Å². The molecule has 19 heavy (non-hydrogen) atoms. The fourth-order valence-electron chi connectivity index (χ4n) is 2.12. The number of rotatable bonds is 5. The highest BCUT2D eigenvalue weighted by Gasteiger charge is 2.31. The van der Waals surface area contributed by atoms with Crippen molar-refractivity contribution in [2.45, 2.75) is 62.2 Å². The lowest BCUT2D eigenvalue weighted by molar-refractivity contribution is -0.188. The first-order valence-corrected chi connectivity index (χ1v) is 7.36. The largest absolute Gasteiger partial charge is 0.411 e. The predicted octanol–water partition coefficient (Wildman–Crippen LogP) is 3.17. The molecule has 0 aliphatic heterocycles.